The van der Waals surface area contributed by atoms with E-state index >= 15 is 0 Å². The number of furan rings is 1. The second-order valence-electron chi connectivity index (χ2n) is 8.24. The fraction of sp³-hybridized carbons (Fsp3) is 0.304. The van der Waals surface area contributed by atoms with Crippen LogP contribution in [0.3, 0.4) is 0 Å². The maximum absolute atomic E-state index is 6.33. The molecule has 132 valence electrons. The Hall–Kier alpha value is -2.68. The van der Waals surface area contributed by atoms with Crippen molar-refractivity contribution in [2.24, 2.45) is 7.05 Å². The number of aromatic nitrogens is 2. The Morgan fingerprint density at radius 2 is 1.69 bits per heavy atom. The van der Waals surface area contributed by atoms with Crippen molar-refractivity contribution in [2.45, 2.75) is 40.0 Å². The van der Waals surface area contributed by atoms with Gasteiger partial charge in [0.05, 0.1) is 5.56 Å². The highest BCUT2D eigenvalue weighted by Gasteiger charge is 2.22. The predicted molar refractivity (Wildman–Crippen MR) is 106 cm³/mol. The predicted octanol–water partition coefficient (Wildman–Crippen LogP) is 5.39. The quantitative estimate of drug-likeness (QED) is 0.433. The van der Waals surface area contributed by atoms with E-state index in [0.29, 0.717) is 0 Å². The minimum absolute atomic E-state index is 0.00507. The van der Waals surface area contributed by atoms with Crippen LogP contribution in [-0.2, 0) is 12.5 Å². The summed E-state index contributed by atoms with van der Waals surface area (Å²) in [6.45, 7) is 10.8. The Labute approximate surface area is 154 Å². The van der Waals surface area contributed by atoms with Crippen LogP contribution in [0.1, 0.15) is 37.6 Å². The molecule has 0 radical (unpaired) electrons. The van der Waals surface area contributed by atoms with E-state index in [4.69, 9.17) is 9.40 Å². The summed E-state index contributed by atoms with van der Waals surface area (Å²) >= 11 is 0. The third kappa shape index (κ3) is 2.59. The van der Waals surface area contributed by atoms with Crippen LogP contribution in [0.5, 0.6) is 0 Å². The first-order valence-electron chi connectivity index (χ1n) is 9.06. The van der Waals surface area contributed by atoms with Crippen LogP contribution in [0, 0.1) is 13.8 Å². The van der Waals surface area contributed by atoms with Gasteiger partial charge in [-0.25, -0.2) is 9.55 Å². The third-order valence-corrected chi connectivity index (χ3v) is 5.05. The number of rotatable bonds is 1. The molecule has 3 nitrogen and oxygen atoms in total. The highest BCUT2D eigenvalue weighted by atomic mass is 16.3. The molecule has 0 spiro atoms. The summed E-state index contributed by atoms with van der Waals surface area (Å²) in [5, 5.41) is 2.19. The molecule has 0 amide bonds. The minimum atomic E-state index is -0.00507. The number of fused-ring (bicyclic) bond motifs is 3. The van der Waals surface area contributed by atoms with E-state index in [1.54, 1.807) is 0 Å². The average molecular weight is 345 g/mol. The molecule has 0 bridgehead atoms. The average Bonchev–Trinajstić information content (AvgIpc) is 2.94. The molecule has 0 unspecified atom stereocenters. The van der Waals surface area contributed by atoms with Crippen LogP contribution >= 0.6 is 0 Å². The van der Waals surface area contributed by atoms with Gasteiger partial charge in [-0.2, -0.15) is 0 Å². The smallest absolute Gasteiger partial charge is 0.227 e. The molecule has 0 aliphatic rings. The van der Waals surface area contributed by atoms with Crippen molar-refractivity contribution >= 4 is 22.1 Å². The van der Waals surface area contributed by atoms with Crippen molar-refractivity contribution in [2.75, 3.05) is 0 Å². The summed E-state index contributed by atoms with van der Waals surface area (Å²) in [6.07, 6.45) is 2.10. The summed E-state index contributed by atoms with van der Waals surface area (Å²) in [5.41, 5.74) is 7.41. The second kappa shape index (κ2) is 5.66. The van der Waals surface area contributed by atoms with Crippen molar-refractivity contribution in [3.8, 4) is 11.3 Å². The highest BCUT2D eigenvalue weighted by Crippen LogP contribution is 2.37. The minimum Gasteiger partial charge on any atom is -0.437 e. The molecule has 0 saturated carbocycles. The largest absolute Gasteiger partial charge is 0.437 e. The maximum atomic E-state index is 6.33. The Balaban J connectivity index is 2.08. The molecule has 4 aromatic rings. The summed E-state index contributed by atoms with van der Waals surface area (Å²) in [7, 11) is 2.08. The topological polar surface area (TPSA) is 29.9 Å². The summed E-state index contributed by atoms with van der Waals surface area (Å²) in [4.78, 5) is 4.81. The molecule has 0 aliphatic carbocycles. The molecule has 0 fully saturated rings. The van der Waals surface area contributed by atoms with Gasteiger partial charge in [0.2, 0.25) is 11.4 Å². The van der Waals surface area contributed by atoms with Gasteiger partial charge in [0.1, 0.15) is 7.05 Å². The first-order chi connectivity index (χ1) is 12.3. The van der Waals surface area contributed by atoms with Crippen LogP contribution < -0.4 is 4.57 Å². The number of pyridine rings is 2. The third-order valence-electron chi connectivity index (χ3n) is 5.05. The first kappa shape index (κ1) is 16.8. The zero-order valence-electron chi connectivity index (χ0n) is 16.3. The lowest BCUT2D eigenvalue weighted by Gasteiger charge is -2.16. The van der Waals surface area contributed by atoms with Crippen molar-refractivity contribution in [3.63, 3.8) is 0 Å². The zero-order chi connectivity index (χ0) is 18.6. The number of benzene rings is 1. The second-order valence-corrected chi connectivity index (χ2v) is 8.24. The molecule has 0 aliphatic heterocycles. The molecule has 4 rings (SSSR count). The first-order valence-corrected chi connectivity index (χ1v) is 9.06. The Kier molecular flexibility index (Phi) is 3.65. The van der Waals surface area contributed by atoms with Gasteiger partial charge in [0, 0.05) is 34.0 Å². The fourth-order valence-corrected chi connectivity index (χ4v) is 3.48. The monoisotopic (exact) mass is 345 g/mol. The molecule has 0 atom stereocenters. The highest BCUT2D eigenvalue weighted by molar-refractivity contribution is 6.08. The van der Waals surface area contributed by atoms with Gasteiger partial charge in [-0.3, -0.25) is 0 Å². The van der Waals surface area contributed by atoms with E-state index in [2.05, 4.69) is 88.8 Å². The molecule has 0 saturated heterocycles. The molecule has 26 heavy (non-hydrogen) atoms. The Bertz CT molecular complexity index is 1150. The molecular formula is C23H25N2O+. The summed E-state index contributed by atoms with van der Waals surface area (Å²) in [6, 6.07) is 12.9. The molecule has 3 heteroatoms. The van der Waals surface area contributed by atoms with Gasteiger partial charge in [0.25, 0.3) is 0 Å². The van der Waals surface area contributed by atoms with Gasteiger partial charge in [-0.05, 0) is 37.1 Å². The van der Waals surface area contributed by atoms with Crippen molar-refractivity contribution < 1.29 is 8.98 Å². The van der Waals surface area contributed by atoms with E-state index in [-0.39, 0.29) is 5.41 Å². The summed E-state index contributed by atoms with van der Waals surface area (Å²) in [5.74, 6) is 0. The van der Waals surface area contributed by atoms with E-state index in [1.165, 1.54) is 11.1 Å². The zero-order valence-corrected chi connectivity index (χ0v) is 16.3. The van der Waals surface area contributed by atoms with Crippen molar-refractivity contribution in [1.29, 1.82) is 0 Å². The van der Waals surface area contributed by atoms with E-state index in [1.807, 2.05) is 0 Å². The lowest BCUT2D eigenvalue weighted by molar-refractivity contribution is -0.660. The molecule has 3 heterocycles. The van der Waals surface area contributed by atoms with Gasteiger partial charge >= 0.3 is 0 Å². The van der Waals surface area contributed by atoms with Gasteiger partial charge < -0.3 is 4.42 Å². The van der Waals surface area contributed by atoms with Crippen LogP contribution in [0.2, 0.25) is 0 Å². The molecule has 1 aromatic carbocycles. The molecule has 0 N–H and O–H groups in total. The lowest BCUT2D eigenvalue weighted by atomic mass is 9.91. The SMILES string of the molecule is Cc1cc[n+](C)c(-c2c(C)ccc3c2oc2nc(C(C)(C)C)ccc23)c1. The van der Waals surface area contributed by atoms with E-state index < -0.39 is 0 Å². The molecular weight excluding hydrogens is 320 g/mol. The number of hydrogen-bond acceptors (Lipinski definition) is 2. The summed E-state index contributed by atoms with van der Waals surface area (Å²) < 4.78 is 8.47. The van der Waals surface area contributed by atoms with Crippen molar-refractivity contribution in [1.82, 2.24) is 4.98 Å². The van der Waals surface area contributed by atoms with Crippen LogP contribution in [0.25, 0.3) is 33.3 Å². The van der Waals surface area contributed by atoms with Gasteiger partial charge in [-0.1, -0.05) is 32.9 Å². The number of hydrogen-bond donors (Lipinski definition) is 0. The van der Waals surface area contributed by atoms with Crippen LogP contribution in [0.4, 0.5) is 0 Å². The van der Waals surface area contributed by atoms with Gasteiger partial charge in [-0.15, -0.1) is 0 Å². The lowest BCUT2D eigenvalue weighted by Crippen LogP contribution is -2.30. The van der Waals surface area contributed by atoms with Crippen molar-refractivity contribution in [3.05, 3.63) is 59.4 Å². The maximum Gasteiger partial charge on any atom is 0.227 e. The Morgan fingerprint density at radius 3 is 2.42 bits per heavy atom. The van der Waals surface area contributed by atoms with Crippen LogP contribution in [0.15, 0.2) is 47.0 Å². The fourth-order valence-electron chi connectivity index (χ4n) is 3.48. The van der Waals surface area contributed by atoms with Gasteiger partial charge in [0.15, 0.2) is 11.8 Å². The number of aryl methyl sites for hydroxylation is 3. The Morgan fingerprint density at radius 1 is 0.962 bits per heavy atom. The van der Waals surface area contributed by atoms with Crippen LogP contribution in [-0.4, -0.2) is 4.98 Å². The molecule has 3 aromatic heterocycles. The normalized spacial score (nSPS) is 12.2. The van der Waals surface area contributed by atoms with E-state index in [0.717, 1.165) is 39.0 Å². The van der Waals surface area contributed by atoms with E-state index in [9.17, 15) is 0 Å². The number of nitrogens with zero attached hydrogens (tertiary/aromatic N) is 2. The standard InChI is InChI=1S/C23H25N2O/c1-14-11-12-25(6)18(13-14)20-15(2)7-8-16-17-9-10-19(23(3,4)5)24-22(17)26-21(16)20/h7-13H,1-6H3/q+1.